The van der Waals surface area contributed by atoms with Crippen LogP contribution in [0.4, 0.5) is 0 Å². The van der Waals surface area contributed by atoms with Gasteiger partial charge in [0.05, 0.1) is 18.2 Å². The van der Waals surface area contributed by atoms with Crippen LogP contribution >= 0.6 is 0 Å². The molecular weight excluding hydrogens is 230 g/mol. The van der Waals surface area contributed by atoms with Crippen molar-refractivity contribution in [1.82, 2.24) is 0 Å². The Morgan fingerprint density at radius 3 is 2.89 bits per heavy atom. The predicted octanol–water partition coefficient (Wildman–Crippen LogP) is 2.09. The van der Waals surface area contributed by atoms with E-state index < -0.39 is 5.97 Å². The molecule has 0 amide bonds. The number of ketones is 1. The van der Waals surface area contributed by atoms with Crippen LogP contribution in [0.1, 0.15) is 24.5 Å². The maximum absolute atomic E-state index is 11.4. The van der Waals surface area contributed by atoms with Gasteiger partial charge in [0, 0.05) is 0 Å². The van der Waals surface area contributed by atoms with E-state index in [0.29, 0.717) is 5.56 Å². The molecule has 0 saturated carbocycles. The van der Waals surface area contributed by atoms with Crippen molar-refractivity contribution in [2.45, 2.75) is 13.3 Å². The SMILES string of the molecule is CCOC(=O)CC(=O)C=Cc1cccc(C#N)c1. The molecule has 0 bridgehead atoms. The number of esters is 1. The van der Waals surface area contributed by atoms with Crippen LogP contribution in [0.5, 0.6) is 0 Å². The first-order valence-corrected chi connectivity index (χ1v) is 5.52. The third-order valence-electron chi connectivity index (χ3n) is 2.10. The smallest absolute Gasteiger partial charge is 0.313 e. The fourth-order valence-electron chi connectivity index (χ4n) is 1.31. The summed E-state index contributed by atoms with van der Waals surface area (Å²) in [4.78, 5) is 22.4. The van der Waals surface area contributed by atoms with Gasteiger partial charge in [-0.3, -0.25) is 9.59 Å². The van der Waals surface area contributed by atoms with Crippen LogP contribution in [0.25, 0.3) is 6.08 Å². The quantitative estimate of drug-likeness (QED) is 0.451. The largest absolute Gasteiger partial charge is 0.466 e. The van der Waals surface area contributed by atoms with Gasteiger partial charge >= 0.3 is 5.97 Å². The minimum absolute atomic E-state index is 0.262. The summed E-state index contributed by atoms with van der Waals surface area (Å²) in [6.45, 7) is 1.95. The lowest BCUT2D eigenvalue weighted by Crippen LogP contribution is -2.08. The van der Waals surface area contributed by atoms with Gasteiger partial charge in [-0.1, -0.05) is 18.2 Å². The molecule has 4 nitrogen and oxygen atoms in total. The molecule has 0 radical (unpaired) electrons. The van der Waals surface area contributed by atoms with Gasteiger partial charge in [0.25, 0.3) is 0 Å². The predicted molar refractivity (Wildman–Crippen MR) is 66.4 cm³/mol. The second kappa shape index (κ2) is 7.02. The van der Waals surface area contributed by atoms with Gasteiger partial charge in [0.1, 0.15) is 6.42 Å². The summed E-state index contributed by atoms with van der Waals surface area (Å²) in [5.41, 5.74) is 1.27. The summed E-state index contributed by atoms with van der Waals surface area (Å²) >= 11 is 0. The fraction of sp³-hybridized carbons (Fsp3) is 0.214. The molecule has 1 rings (SSSR count). The van der Waals surface area contributed by atoms with E-state index in [4.69, 9.17) is 5.26 Å². The average molecular weight is 243 g/mol. The Morgan fingerprint density at radius 2 is 2.22 bits per heavy atom. The summed E-state index contributed by atoms with van der Waals surface area (Å²) < 4.78 is 4.66. The number of rotatable bonds is 5. The third kappa shape index (κ3) is 4.62. The number of benzene rings is 1. The second-order valence-corrected chi connectivity index (χ2v) is 3.52. The van der Waals surface area contributed by atoms with E-state index in [0.717, 1.165) is 5.56 Å². The maximum Gasteiger partial charge on any atom is 0.313 e. The molecule has 0 fully saturated rings. The first kappa shape index (κ1) is 13.7. The summed E-state index contributed by atoms with van der Waals surface area (Å²) in [5, 5.41) is 8.72. The minimum Gasteiger partial charge on any atom is -0.466 e. The molecule has 0 atom stereocenters. The Morgan fingerprint density at radius 1 is 1.44 bits per heavy atom. The Kier molecular flexibility index (Phi) is 5.33. The first-order valence-electron chi connectivity index (χ1n) is 5.52. The second-order valence-electron chi connectivity index (χ2n) is 3.52. The molecule has 1 aromatic rings. The first-order chi connectivity index (χ1) is 8.65. The van der Waals surface area contributed by atoms with Crippen LogP contribution in [0.15, 0.2) is 30.3 Å². The van der Waals surface area contributed by atoms with Gasteiger partial charge < -0.3 is 4.74 Å². The van der Waals surface area contributed by atoms with Crippen LogP contribution < -0.4 is 0 Å². The highest BCUT2D eigenvalue weighted by Crippen LogP contribution is 2.06. The number of nitriles is 1. The highest BCUT2D eigenvalue weighted by molar-refractivity contribution is 6.03. The lowest BCUT2D eigenvalue weighted by atomic mass is 10.1. The number of hydrogen-bond acceptors (Lipinski definition) is 4. The van der Waals surface area contributed by atoms with Crippen LogP contribution in [0.3, 0.4) is 0 Å². The van der Waals surface area contributed by atoms with Gasteiger partial charge in [0.2, 0.25) is 0 Å². The molecule has 18 heavy (non-hydrogen) atoms. The molecule has 92 valence electrons. The van der Waals surface area contributed by atoms with Crippen molar-refractivity contribution in [3.63, 3.8) is 0 Å². The van der Waals surface area contributed by atoms with E-state index in [1.807, 2.05) is 6.07 Å². The molecule has 0 aromatic heterocycles. The molecule has 0 aliphatic carbocycles. The average Bonchev–Trinajstić information content (AvgIpc) is 2.37. The number of carbonyl (C=O) groups excluding carboxylic acids is 2. The zero-order valence-electron chi connectivity index (χ0n) is 10.1. The molecule has 4 heteroatoms. The number of carbonyl (C=O) groups is 2. The van der Waals surface area contributed by atoms with E-state index in [-0.39, 0.29) is 18.8 Å². The van der Waals surface area contributed by atoms with Crippen molar-refractivity contribution in [2.75, 3.05) is 6.61 Å². The van der Waals surface area contributed by atoms with Crippen molar-refractivity contribution in [2.24, 2.45) is 0 Å². The van der Waals surface area contributed by atoms with Gasteiger partial charge in [0.15, 0.2) is 5.78 Å². The van der Waals surface area contributed by atoms with Gasteiger partial charge in [-0.05, 0) is 30.7 Å². The lowest BCUT2D eigenvalue weighted by molar-refractivity contribution is -0.144. The monoisotopic (exact) mass is 243 g/mol. The maximum atomic E-state index is 11.4. The topological polar surface area (TPSA) is 67.2 Å². The zero-order chi connectivity index (χ0) is 13.4. The van der Waals surface area contributed by atoms with Crippen LogP contribution in [0.2, 0.25) is 0 Å². The Balaban J connectivity index is 2.61. The third-order valence-corrected chi connectivity index (χ3v) is 2.10. The molecule has 0 heterocycles. The number of allylic oxidation sites excluding steroid dienone is 1. The van der Waals surface area contributed by atoms with Crippen molar-refractivity contribution >= 4 is 17.8 Å². The molecule has 0 unspecified atom stereocenters. The lowest BCUT2D eigenvalue weighted by Gasteiger charge is -1.98. The number of hydrogen-bond donors (Lipinski definition) is 0. The van der Waals surface area contributed by atoms with E-state index in [1.165, 1.54) is 6.08 Å². The van der Waals surface area contributed by atoms with Gasteiger partial charge in [-0.2, -0.15) is 5.26 Å². The standard InChI is InChI=1S/C14H13NO3/c1-2-18-14(17)9-13(16)7-6-11-4-3-5-12(8-11)10-15/h3-8H,2,9H2,1H3. The highest BCUT2D eigenvalue weighted by atomic mass is 16.5. The molecule has 0 aliphatic heterocycles. The van der Waals surface area contributed by atoms with E-state index in [2.05, 4.69) is 4.74 Å². The van der Waals surface area contributed by atoms with E-state index in [9.17, 15) is 9.59 Å². The number of ether oxygens (including phenoxy) is 1. The minimum atomic E-state index is -0.530. The zero-order valence-corrected chi connectivity index (χ0v) is 10.1. The van der Waals surface area contributed by atoms with Gasteiger partial charge in [-0.15, -0.1) is 0 Å². The van der Waals surface area contributed by atoms with Crippen LogP contribution in [-0.4, -0.2) is 18.4 Å². The van der Waals surface area contributed by atoms with Crippen molar-refractivity contribution < 1.29 is 14.3 Å². The van der Waals surface area contributed by atoms with Crippen molar-refractivity contribution in [3.05, 3.63) is 41.5 Å². The summed E-state index contributed by atoms with van der Waals surface area (Å²) in [6.07, 6.45) is 2.62. The molecular formula is C14H13NO3. The molecule has 0 spiro atoms. The van der Waals surface area contributed by atoms with Crippen LogP contribution in [0, 0.1) is 11.3 Å². The van der Waals surface area contributed by atoms with Gasteiger partial charge in [-0.25, -0.2) is 0 Å². The fourth-order valence-corrected chi connectivity index (χ4v) is 1.31. The summed E-state index contributed by atoms with van der Waals surface area (Å²) in [7, 11) is 0. The number of nitrogens with zero attached hydrogens (tertiary/aromatic N) is 1. The summed E-state index contributed by atoms with van der Waals surface area (Å²) in [5.74, 6) is -0.853. The van der Waals surface area contributed by atoms with E-state index in [1.54, 1.807) is 37.3 Å². The Labute approximate surface area is 105 Å². The van der Waals surface area contributed by atoms with Crippen molar-refractivity contribution in [1.29, 1.82) is 5.26 Å². The van der Waals surface area contributed by atoms with E-state index >= 15 is 0 Å². The molecule has 0 aliphatic rings. The molecule has 0 N–H and O–H groups in total. The molecule has 1 aromatic carbocycles. The Bertz CT molecular complexity index is 512. The van der Waals surface area contributed by atoms with Crippen molar-refractivity contribution in [3.8, 4) is 6.07 Å². The highest BCUT2D eigenvalue weighted by Gasteiger charge is 2.06. The van der Waals surface area contributed by atoms with Crippen LogP contribution in [-0.2, 0) is 14.3 Å². The summed E-state index contributed by atoms with van der Waals surface area (Å²) in [6, 6.07) is 8.85. The Hall–Kier alpha value is -2.41. The molecule has 0 saturated heterocycles. The normalized spacial score (nSPS) is 10.0.